The van der Waals surface area contributed by atoms with Crippen molar-refractivity contribution in [3.8, 4) is 0 Å². The molecule has 0 N–H and O–H groups in total. The summed E-state index contributed by atoms with van der Waals surface area (Å²) < 4.78 is 0. The molecule has 0 unspecified atom stereocenters. The Morgan fingerprint density at radius 2 is 2.23 bits per heavy atom. The van der Waals surface area contributed by atoms with E-state index in [4.69, 9.17) is 4.84 Å². The molecule has 0 aliphatic carbocycles. The number of hydrogen-bond donors (Lipinski definition) is 0. The van der Waals surface area contributed by atoms with E-state index >= 15 is 0 Å². The molecule has 1 heterocycles. The second kappa shape index (κ2) is 3.55. The molecule has 0 aliphatic rings. The molecule has 0 radical (unpaired) electrons. The van der Waals surface area contributed by atoms with Gasteiger partial charge in [-0.1, -0.05) is 5.16 Å². The van der Waals surface area contributed by atoms with Crippen LogP contribution in [0.25, 0.3) is 0 Å². The second-order valence-electron chi connectivity index (χ2n) is 3.70. The summed E-state index contributed by atoms with van der Waals surface area (Å²) >= 11 is 0. The molecule has 0 amide bonds. The summed E-state index contributed by atoms with van der Waals surface area (Å²) in [6.07, 6.45) is 3.16. The monoisotopic (exact) mass is 182 g/mol. The average molecular weight is 182 g/mol. The number of oxime groups is 1. The first kappa shape index (κ1) is 9.70. The molecule has 0 aliphatic heterocycles. The van der Waals surface area contributed by atoms with E-state index in [-0.39, 0.29) is 5.60 Å². The highest BCUT2D eigenvalue weighted by atomic mass is 16.6. The molecule has 1 rings (SSSR count). The molecular formula is C8H14N4O. The smallest absolute Gasteiger partial charge is 0.129 e. The summed E-state index contributed by atoms with van der Waals surface area (Å²) in [5.74, 6) is 0. The minimum absolute atomic E-state index is 0.265. The fraction of sp³-hybridized carbons (Fsp3) is 0.625. The normalized spacial score (nSPS) is 12.3. The predicted octanol–water partition coefficient (Wildman–Crippen LogP) is 0.964. The van der Waals surface area contributed by atoms with Crippen molar-refractivity contribution in [1.29, 1.82) is 0 Å². The maximum atomic E-state index is 5.13. The Morgan fingerprint density at radius 3 is 2.69 bits per heavy atom. The SMILES string of the molecule is Cn1ncc(/C=N/OC(C)(C)C)n1. The number of rotatable bonds is 2. The molecule has 1 aromatic rings. The summed E-state index contributed by atoms with van der Waals surface area (Å²) in [4.78, 5) is 6.61. The van der Waals surface area contributed by atoms with Gasteiger partial charge in [-0.3, -0.25) is 0 Å². The van der Waals surface area contributed by atoms with Crippen LogP contribution in [0.1, 0.15) is 26.5 Å². The lowest BCUT2D eigenvalue weighted by Crippen LogP contribution is -2.15. The molecule has 0 fully saturated rings. The zero-order valence-electron chi connectivity index (χ0n) is 8.35. The lowest BCUT2D eigenvalue weighted by Gasteiger charge is -2.14. The maximum absolute atomic E-state index is 5.13. The highest BCUT2D eigenvalue weighted by molar-refractivity contribution is 5.75. The van der Waals surface area contributed by atoms with E-state index in [1.807, 2.05) is 20.8 Å². The highest BCUT2D eigenvalue weighted by Gasteiger charge is 2.09. The first-order chi connectivity index (χ1) is 5.97. The van der Waals surface area contributed by atoms with Crippen molar-refractivity contribution in [2.75, 3.05) is 0 Å². The first-order valence-electron chi connectivity index (χ1n) is 4.05. The van der Waals surface area contributed by atoms with Gasteiger partial charge in [0, 0.05) is 7.05 Å². The topological polar surface area (TPSA) is 52.3 Å². The van der Waals surface area contributed by atoms with E-state index in [1.165, 1.54) is 11.0 Å². The third kappa shape index (κ3) is 3.68. The lowest BCUT2D eigenvalue weighted by molar-refractivity contribution is 0.00196. The molecule has 72 valence electrons. The van der Waals surface area contributed by atoms with Crippen LogP contribution in [-0.2, 0) is 11.9 Å². The summed E-state index contributed by atoms with van der Waals surface area (Å²) in [5.41, 5.74) is 0.422. The number of nitrogens with zero attached hydrogens (tertiary/aromatic N) is 4. The van der Waals surface area contributed by atoms with Gasteiger partial charge >= 0.3 is 0 Å². The molecule has 0 saturated carbocycles. The number of aryl methyl sites for hydroxylation is 1. The molecule has 0 spiro atoms. The van der Waals surface area contributed by atoms with Gasteiger partial charge in [-0.25, -0.2) is 0 Å². The number of aromatic nitrogens is 3. The van der Waals surface area contributed by atoms with Gasteiger partial charge in [0.2, 0.25) is 0 Å². The Hall–Kier alpha value is -1.39. The van der Waals surface area contributed by atoms with E-state index in [0.717, 1.165) is 0 Å². The van der Waals surface area contributed by atoms with Crippen LogP contribution >= 0.6 is 0 Å². The van der Waals surface area contributed by atoms with Crippen molar-refractivity contribution in [2.45, 2.75) is 26.4 Å². The molecule has 0 aromatic carbocycles. The molecular weight excluding hydrogens is 168 g/mol. The van der Waals surface area contributed by atoms with Crippen molar-refractivity contribution < 1.29 is 4.84 Å². The predicted molar refractivity (Wildman–Crippen MR) is 49.4 cm³/mol. The van der Waals surface area contributed by atoms with Crippen LogP contribution in [-0.4, -0.2) is 26.8 Å². The zero-order valence-corrected chi connectivity index (χ0v) is 8.35. The standard InChI is InChI=1S/C8H14N4O/c1-8(2,3)13-10-6-7-5-9-12(4)11-7/h5-6H,1-4H3/b10-6+. The van der Waals surface area contributed by atoms with Crippen molar-refractivity contribution in [3.05, 3.63) is 11.9 Å². The fourth-order valence-electron chi connectivity index (χ4n) is 0.659. The van der Waals surface area contributed by atoms with Crippen LogP contribution in [0.15, 0.2) is 11.4 Å². The van der Waals surface area contributed by atoms with Gasteiger partial charge in [0.15, 0.2) is 0 Å². The van der Waals surface area contributed by atoms with Crippen molar-refractivity contribution in [3.63, 3.8) is 0 Å². The average Bonchev–Trinajstić information content (AvgIpc) is 2.33. The quantitative estimate of drug-likeness (QED) is 0.505. The van der Waals surface area contributed by atoms with Crippen LogP contribution in [0.4, 0.5) is 0 Å². The van der Waals surface area contributed by atoms with Gasteiger partial charge in [-0.05, 0) is 20.8 Å². The molecule has 5 heteroatoms. The minimum Gasteiger partial charge on any atom is -0.390 e. The van der Waals surface area contributed by atoms with Crippen LogP contribution in [0, 0.1) is 0 Å². The Labute approximate surface area is 77.4 Å². The Morgan fingerprint density at radius 1 is 1.54 bits per heavy atom. The third-order valence-electron chi connectivity index (χ3n) is 1.13. The van der Waals surface area contributed by atoms with E-state index < -0.39 is 0 Å². The zero-order chi connectivity index (χ0) is 9.90. The van der Waals surface area contributed by atoms with Crippen molar-refractivity contribution >= 4 is 6.21 Å². The van der Waals surface area contributed by atoms with E-state index in [2.05, 4.69) is 15.4 Å². The Bertz CT molecular complexity index is 297. The van der Waals surface area contributed by atoms with Gasteiger partial charge in [0.1, 0.15) is 11.3 Å². The van der Waals surface area contributed by atoms with Gasteiger partial charge in [-0.2, -0.15) is 15.0 Å². The Balaban J connectivity index is 2.50. The molecule has 0 saturated heterocycles. The van der Waals surface area contributed by atoms with Crippen LogP contribution in [0.2, 0.25) is 0 Å². The molecule has 5 nitrogen and oxygen atoms in total. The Kier molecular flexibility index (Phi) is 2.65. The molecule has 1 aromatic heterocycles. The second-order valence-corrected chi connectivity index (χ2v) is 3.70. The number of hydrogen-bond acceptors (Lipinski definition) is 4. The minimum atomic E-state index is -0.265. The van der Waals surface area contributed by atoms with Gasteiger partial charge in [0.25, 0.3) is 0 Å². The summed E-state index contributed by atoms with van der Waals surface area (Å²) in [6, 6.07) is 0. The summed E-state index contributed by atoms with van der Waals surface area (Å²) in [7, 11) is 1.75. The van der Waals surface area contributed by atoms with E-state index in [0.29, 0.717) is 5.69 Å². The first-order valence-corrected chi connectivity index (χ1v) is 4.05. The van der Waals surface area contributed by atoms with Crippen molar-refractivity contribution in [2.24, 2.45) is 12.2 Å². The van der Waals surface area contributed by atoms with E-state index in [1.54, 1.807) is 13.2 Å². The van der Waals surface area contributed by atoms with Crippen LogP contribution < -0.4 is 0 Å². The van der Waals surface area contributed by atoms with Gasteiger partial charge in [-0.15, -0.1) is 0 Å². The maximum Gasteiger partial charge on any atom is 0.129 e. The fourth-order valence-corrected chi connectivity index (χ4v) is 0.659. The lowest BCUT2D eigenvalue weighted by atomic mass is 10.2. The van der Waals surface area contributed by atoms with Crippen molar-refractivity contribution in [1.82, 2.24) is 15.0 Å². The van der Waals surface area contributed by atoms with E-state index in [9.17, 15) is 0 Å². The van der Waals surface area contributed by atoms with Gasteiger partial charge < -0.3 is 4.84 Å². The molecule has 0 atom stereocenters. The van der Waals surface area contributed by atoms with Crippen LogP contribution in [0.5, 0.6) is 0 Å². The third-order valence-corrected chi connectivity index (χ3v) is 1.13. The highest BCUT2D eigenvalue weighted by Crippen LogP contribution is 2.06. The summed E-state index contributed by atoms with van der Waals surface area (Å²) in [6.45, 7) is 5.79. The molecule has 13 heavy (non-hydrogen) atoms. The van der Waals surface area contributed by atoms with Gasteiger partial charge in [0.05, 0.1) is 12.4 Å². The molecule has 0 bridgehead atoms. The van der Waals surface area contributed by atoms with Crippen LogP contribution in [0.3, 0.4) is 0 Å². The summed E-state index contributed by atoms with van der Waals surface area (Å²) in [5, 5.41) is 11.7. The largest absolute Gasteiger partial charge is 0.390 e.